The second-order valence-electron chi connectivity index (χ2n) is 3.14. The van der Waals surface area contributed by atoms with Crippen LogP contribution in [0.2, 0.25) is 0 Å². The summed E-state index contributed by atoms with van der Waals surface area (Å²) in [7, 11) is 1.06. The highest BCUT2D eigenvalue weighted by atomic mass is 79.9. The molecule has 0 spiro atoms. The Morgan fingerprint density at radius 1 is 1.67 bits per heavy atom. The van der Waals surface area contributed by atoms with Crippen LogP contribution in [0.3, 0.4) is 0 Å². The first-order valence-electron chi connectivity index (χ1n) is 4.55. The summed E-state index contributed by atoms with van der Waals surface area (Å²) in [6.45, 7) is 0. The van der Waals surface area contributed by atoms with Gasteiger partial charge in [-0.05, 0) is 15.9 Å². The first-order valence-corrected chi connectivity index (χ1v) is 5.34. The first-order chi connectivity index (χ1) is 8.38. The molecule has 0 N–H and O–H groups in total. The molecular weight excluding hydrogens is 318 g/mol. The van der Waals surface area contributed by atoms with Gasteiger partial charge in [-0.1, -0.05) is 0 Å². The van der Waals surface area contributed by atoms with Gasteiger partial charge in [0.25, 0.3) is 12.1 Å². The monoisotopic (exact) mass is 324 g/mol. The van der Waals surface area contributed by atoms with Gasteiger partial charge in [0, 0.05) is 0 Å². The van der Waals surface area contributed by atoms with Crippen molar-refractivity contribution in [3.63, 3.8) is 0 Å². The Morgan fingerprint density at radius 2 is 2.28 bits per heavy atom. The molecule has 0 unspecified atom stereocenters. The zero-order valence-electron chi connectivity index (χ0n) is 9.02. The highest BCUT2D eigenvalue weighted by Crippen LogP contribution is 2.34. The lowest BCUT2D eigenvalue weighted by Crippen LogP contribution is -2.11. The van der Waals surface area contributed by atoms with Crippen molar-refractivity contribution in [3.8, 4) is 0 Å². The molecule has 0 aliphatic rings. The van der Waals surface area contributed by atoms with Crippen molar-refractivity contribution in [2.24, 2.45) is 0 Å². The van der Waals surface area contributed by atoms with Crippen LogP contribution in [0.5, 0.6) is 0 Å². The van der Waals surface area contributed by atoms with Gasteiger partial charge in [0.05, 0.1) is 29.6 Å². The molecule has 1 heterocycles. The molecule has 6 nitrogen and oxygen atoms in total. The molecule has 0 amide bonds. The van der Waals surface area contributed by atoms with Crippen LogP contribution in [0.4, 0.5) is 14.5 Å². The summed E-state index contributed by atoms with van der Waals surface area (Å²) >= 11 is 2.78. The van der Waals surface area contributed by atoms with Crippen LogP contribution >= 0.6 is 15.9 Å². The zero-order valence-corrected chi connectivity index (χ0v) is 10.6. The molecule has 0 aliphatic carbocycles. The molecule has 0 aliphatic heterocycles. The normalized spacial score (nSPS) is 10.5. The van der Waals surface area contributed by atoms with E-state index in [4.69, 9.17) is 0 Å². The molecule has 0 saturated carbocycles. The number of pyridine rings is 1. The van der Waals surface area contributed by atoms with Crippen LogP contribution < -0.4 is 0 Å². The summed E-state index contributed by atoms with van der Waals surface area (Å²) in [6.07, 6.45) is -2.80. The number of ether oxygens (including phenoxy) is 1. The highest BCUT2D eigenvalue weighted by molar-refractivity contribution is 9.10. The molecule has 1 rings (SSSR count). The lowest BCUT2D eigenvalue weighted by atomic mass is 10.1. The molecule has 0 saturated heterocycles. The third-order valence-corrected chi connectivity index (χ3v) is 2.75. The molecule has 0 aromatic carbocycles. The molecule has 18 heavy (non-hydrogen) atoms. The van der Waals surface area contributed by atoms with E-state index in [0.29, 0.717) is 0 Å². The topological polar surface area (TPSA) is 82.3 Å². The summed E-state index contributed by atoms with van der Waals surface area (Å²) in [4.78, 5) is 24.4. The molecule has 0 radical (unpaired) electrons. The maximum absolute atomic E-state index is 12.8. The third-order valence-electron chi connectivity index (χ3n) is 2.12. The Bertz CT molecular complexity index is 496. The van der Waals surface area contributed by atoms with Crippen molar-refractivity contribution in [1.82, 2.24) is 4.98 Å². The van der Waals surface area contributed by atoms with Gasteiger partial charge >= 0.3 is 5.97 Å². The summed E-state index contributed by atoms with van der Waals surface area (Å²) in [6, 6.07) is 0. The van der Waals surface area contributed by atoms with Crippen molar-refractivity contribution in [2.45, 2.75) is 12.8 Å². The van der Waals surface area contributed by atoms with E-state index in [1.165, 1.54) is 0 Å². The fourth-order valence-electron chi connectivity index (χ4n) is 1.31. The molecule has 1 aromatic heterocycles. The quantitative estimate of drug-likeness (QED) is 0.367. The van der Waals surface area contributed by atoms with Crippen molar-refractivity contribution >= 4 is 27.6 Å². The second-order valence-corrected chi connectivity index (χ2v) is 3.89. The van der Waals surface area contributed by atoms with E-state index in [1.54, 1.807) is 0 Å². The smallest absolute Gasteiger partial charge is 0.310 e. The maximum Gasteiger partial charge on any atom is 0.310 e. The summed E-state index contributed by atoms with van der Waals surface area (Å²) in [5, 5.41) is 10.7. The summed E-state index contributed by atoms with van der Waals surface area (Å²) in [5.41, 5.74) is -1.71. The minimum atomic E-state index is -2.99. The number of methoxy groups -OCH3 is 1. The van der Waals surface area contributed by atoms with Gasteiger partial charge in [-0.15, -0.1) is 0 Å². The number of nitrogens with zero attached hydrogens (tertiary/aromatic N) is 2. The molecule has 1 aromatic rings. The number of hydrogen-bond donors (Lipinski definition) is 0. The average molecular weight is 325 g/mol. The predicted molar refractivity (Wildman–Crippen MR) is 59.3 cm³/mol. The SMILES string of the molecule is COC(=O)Cc1c([N+](=O)[O-])cnc(Br)c1C(F)F. The number of alkyl halides is 2. The lowest BCUT2D eigenvalue weighted by Gasteiger charge is -2.09. The molecular formula is C9H7BrF2N2O4. The van der Waals surface area contributed by atoms with E-state index in [-0.39, 0.29) is 4.60 Å². The fourth-order valence-corrected chi connectivity index (χ4v) is 1.82. The van der Waals surface area contributed by atoms with E-state index in [0.717, 1.165) is 13.3 Å². The first kappa shape index (κ1) is 14.4. The second kappa shape index (κ2) is 5.80. The minimum Gasteiger partial charge on any atom is -0.469 e. The Labute approximate surface area is 108 Å². The van der Waals surface area contributed by atoms with Crippen molar-refractivity contribution in [2.75, 3.05) is 7.11 Å². The van der Waals surface area contributed by atoms with Gasteiger partial charge in [-0.25, -0.2) is 13.8 Å². The highest BCUT2D eigenvalue weighted by Gasteiger charge is 2.28. The van der Waals surface area contributed by atoms with Crippen LogP contribution in [0, 0.1) is 10.1 Å². The standard InChI is InChI=1S/C9H7BrF2N2O4/c1-18-6(15)2-4-5(14(16)17)3-13-8(10)7(4)9(11)12/h3,9H,2H2,1H3. The van der Waals surface area contributed by atoms with Crippen molar-refractivity contribution in [1.29, 1.82) is 0 Å². The number of aromatic nitrogens is 1. The van der Waals surface area contributed by atoms with Crippen LogP contribution in [0.15, 0.2) is 10.8 Å². The van der Waals surface area contributed by atoms with E-state index in [9.17, 15) is 23.7 Å². The lowest BCUT2D eigenvalue weighted by molar-refractivity contribution is -0.386. The molecule has 0 fully saturated rings. The van der Waals surface area contributed by atoms with Crippen molar-refractivity contribution < 1.29 is 23.2 Å². The van der Waals surface area contributed by atoms with E-state index >= 15 is 0 Å². The largest absolute Gasteiger partial charge is 0.469 e. The van der Waals surface area contributed by atoms with E-state index < -0.39 is 40.6 Å². The van der Waals surface area contributed by atoms with Gasteiger partial charge < -0.3 is 4.74 Å². The van der Waals surface area contributed by atoms with E-state index in [2.05, 4.69) is 25.7 Å². The Hall–Kier alpha value is -1.64. The fraction of sp³-hybridized carbons (Fsp3) is 0.333. The Kier molecular flexibility index (Phi) is 4.65. The van der Waals surface area contributed by atoms with Crippen LogP contribution in [0.25, 0.3) is 0 Å². The predicted octanol–water partition coefficient (Wildman–Crippen LogP) is 2.41. The van der Waals surface area contributed by atoms with Crippen LogP contribution in [-0.4, -0.2) is 23.0 Å². The molecule has 98 valence electrons. The zero-order chi connectivity index (χ0) is 13.9. The minimum absolute atomic E-state index is 0.234. The number of carbonyl (C=O) groups is 1. The number of hydrogen-bond acceptors (Lipinski definition) is 5. The van der Waals surface area contributed by atoms with Gasteiger partial charge in [0.1, 0.15) is 10.8 Å². The average Bonchev–Trinajstić information content (AvgIpc) is 2.27. The van der Waals surface area contributed by atoms with E-state index in [1.807, 2.05) is 0 Å². The van der Waals surface area contributed by atoms with Gasteiger partial charge in [0.15, 0.2) is 0 Å². The van der Waals surface area contributed by atoms with Crippen LogP contribution in [-0.2, 0) is 16.0 Å². The Balaban J connectivity index is 3.43. The number of esters is 1. The number of carbonyl (C=O) groups excluding carboxylic acids is 1. The Morgan fingerprint density at radius 3 is 2.72 bits per heavy atom. The number of halogens is 3. The summed E-state index contributed by atoms with van der Waals surface area (Å²) < 4.78 is 29.8. The summed E-state index contributed by atoms with van der Waals surface area (Å²) in [5.74, 6) is -0.849. The van der Waals surface area contributed by atoms with Gasteiger partial charge in [0.2, 0.25) is 0 Å². The molecule has 0 bridgehead atoms. The molecule has 0 atom stereocenters. The number of nitro groups is 1. The van der Waals surface area contributed by atoms with Crippen LogP contribution in [0.1, 0.15) is 17.6 Å². The number of rotatable bonds is 4. The van der Waals surface area contributed by atoms with Gasteiger partial charge in [-0.3, -0.25) is 14.9 Å². The van der Waals surface area contributed by atoms with Gasteiger partial charge in [-0.2, -0.15) is 0 Å². The molecule has 9 heteroatoms. The maximum atomic E-state index is 12.8. The third kappa shape index (κ3) is 2.97. The van der Waals surface area contributed by atoms with Crippen molar-refractivity contribution in [3.05, 3.63) is 32.0 Å².